The van der Waals surface area contributed by atoms with Gasteiger partial charge in [0.15, 0.2) is 0 Å². The molecule has 20 heavy (non-hydrogen) atoms. The molecule has 0 aliphatic rings. The Bertz CT molecular complexity index is 615. The number of nitrogens with one attached hydrogen (secondary N) is 1. The van der Waals surface area contributed by atoms with Gasteiger partial charge in [-0.2, -0.15) is 0 Å². The van der Waals surface area contributed by atoms with E-state index in [4.69, 9.17) is 5.84 Å². The summed E-state index contributed by atoms with van der Waals surface area (Å²) in [4.78, 5) is 0. The largest absolute Gasteiger partial charge is 0.271 e. The molecule has 0 amide bonds. The van der Waals surface area contributed by atoms with Crippen molar-refractivity contribution >= 4 is 0 Å². The molecule has 1 unspecified atom stereocenters. The van der Waals surface area contributed by atoms with Crippen molar-refractivity contribution in [2.75, 3.05) is 0 Å². The number of rotatable bonds is 3. The van der Waals surface area contributed by atoms with E-state index in [1.807, 2.05) is 19.9 Å². The van der Waals surface area contributed by atoms with Crippen molar-refractivity contribution in [2.24, 2.45) is 5.84 Å². The Morgan fingerprint density at radius 2 is 1.65 bits per heavy atom. The molecule has 0 spiro atoms. The second-order valence-electron chi connectivity index (χ2n) is 5.09. The summed E-state index contributed by atoms with van der Waals surface area (Å²) in [6, 6.07) is 7.54. The first-order chi connectivity index (χ1) is 9.43. The van der Waals surface area contributed by atoms with Gasteiger partial charge in [0, 0.05) is 5.56 Å². The lowest BCUT2D eigenvalue weighted by Gasteiger charge is -2.21. The lowest BCUT2D eigenvalue weighted by Crippen LogP contribution is -2.30. The van der Waals surface area contributed by atoms with Crippen LogP contribution >= 0.6 is 0 Å². The number of benzene rings is 2. The summed E-state index contributed by atoms with van der Waals surface area (Å²) in [5.74, 6) is 4.99. The van der Waals surface area contributed by atoms with Gasteiger partial charge in [-0.05, 0) is 55.2 Å². The van der Waals surface area contributed by atoms with Gasteiger partial charge in [-0.3, -0.25) is 5.84 Å². The van der Waals surface area contributed by atoms with E-state index in [2.05, 4.69) is 5.43 Å². The molecule has 1 atom stereocenters. The van der Waals surface area contributed by atoms with Crippen molar-refractivity contribution in [1.29, 1.82) is 0 Å². The molecule has 0 aliphatic heterocycles. The van der Waals surface area contributed by atoms with Crippen LogP contribution in [0, 0.1) is 32.4 Å². The van der Waals surface area contributed by atoms with Crippen LogP contribution in [-0.4, -0.2) is 0 Å². The van der Waals surface area contributed by atoms with Crippen molar-refractivity contribution < 1.29 is 8.78 Å². The topological polar surface area (TPSA) is 38.0 Å². The fraction of sp³-hybridized carbons (Fsp3) is 0.250. The van der Waals surface area contributed by atoms with E-state index in [9.17, 15) is 8.78 Å². The molecule has 2 aromatic carbocycles. The van der Waals surface area contributed by atoms with E-state index in [-0.39, 0.29) is 11.6 Å². The highest BCUT2D eigenvalue weighted by Gasteiger charge is 2.20. The van der Waals surface area contributed by atoms with Crippen molar-refractivity contribution in [3.05, 3.63) is 69.8 Å². The lowest BCUT2D eigenvalue weighted by atomic mass is 9.93. The molecule has 2 aromatic rings. The van der Waals surface area contributed by atoms with Crippen LogP contribution in [0.2, 0.25) is 0 Å². The molecule has 3 N–H and O–H groups in total. The number of hydrogen-bond donors (Lipinski definition) is 2. The maximum absolute atomic E-state index is 14.2. The summed E-state index contributed by atoms with van der Waals surface area (Å²) in [6.07, 6.45) is 0. The van der Waals surface area contributed by atoms with Crippen LogP contribution < -0.4 is 11.3 Å². The predicted molar refractivity (Wildman–Crippen MR) is 76.2 cm³/mol. The van der Waals surface area contributed by atoms with Crippen LogP contribution in [0.15, 0.2) is 30.3 Å². The van der Waals surface area contributed by atoms with Crippen LogP contribution in [-0.2, 0) is 0 Å². The highest BCUT2D eigenvalue weighted by Crippen LogP contribution is 2.28. The first kappa shape index (κ1) is 14.6. The molecule has 0 saturated heterocycles. The highest BCUT2D eigenvalue weighted by atomic mass is 19.1. The van der Waals surface area contributed by atoms with Gasteiger partial charge in [0.1, 0.15) is 11.6 Å². The number of hydrazine groups is 1. The lowest BCUT2D eigenvalue weighted by molar-refractivity contribution is 0.554. The van der Waals surface area contributed by atoms with Gasteiger partial charge >= 0.3 is 0 Å². The Kier molecular flexibility index (Phi) is 4.16. The zero-order valence-corrected chi connectivity index (χ0v) is 11.8. The van der Waals surface area contributed by atoms with Crippen LogP contribution in [0.3, 0.4) is 0 Å². The van der Waals surface area contributed by atoms with Gasteiger partial charge in [0.2, 0.25) is 0 Å². The number of nitrogens with two attached hydrogens (primary N) is 1. The number of aryl methyl sites for hydroxylation is 3. The van der Waals surface area contributed by atoms with E-state index < -0.39 is 6.04 Å². The first-order valence-corrected chi connectivity index (χ1v) is 6.43. The average Bonchev–Trinajstić information content (AvgIpc) is 2.37. The van der Waals surface area contributed by atoms with Crippen LogP contribution in [0.1, 0.15) is 33.9 Å². The van der Waals surface area contributed by atoms with E-state index in [0.29, 0.717) is 11.1 Å². The Morgan fingerprint density at radius 3 is 2.20 bits per heavy atom. The molecule has 0 fully saturated rings. The summed E-state index contributed by atoms with van der Waals surface area (Å²) < 4.78 is 27.6. The first-order valence-electron chi connectivity index (χ1n) is 6.43. The minimum atomic E-state index is -0.505. The van der Waals surface area contributed by atoms with E-state index >= 15 is 0 Å². The van der Waals surface area contributed by atoms with Gasteiger partial charge in [-0.25, -0.2) is 14.2 Å². The second-order valence-corrected chi connectivity index (χ2v) is 5.09. The Balaban J connectivity index is 2.55. The maximum Gasteiger partial charge on any atom is 0.128 e. The molecule has 0 aromatic heterocycles. The Labute approximate surface area is 117 Å². The summed E-state index contributed by atoms with van der Waals surface area (Å²) in [5.41, 5.74) is 6.02. The van der Waals surface area contributed by atoms with Crippen LogP contribution in [0.25, 0.3) is 0 Å². The Morgan fingerprint density at radius 1 is 0.950 bits per heavy atom. The van der Waals surface area contributed by atoms with Crippen molar-refractivity contribution in [1.82, 2.24) is 5.43 Å². The minimum Gasteiger partial charge on any atom is -0.271 e. The fourth-order valence-electron chi connectivity index (χ4n) is 2.49. The highest BCUT2D eigenvalue weighted by molar-refractivity contribution is 5.41. The smallest absolute Gasteiger partial charge is 0.128 e. The third kappa shape index (κ3) is 2.71. The molecular weight excluding hydrogens is 258 g/mol. The molecule has 106 valence electrons. The second kappa shape index (κ2) is 5.69. The summed E-state index contributed by atoms with van der Waals surface area (Å²) in [5, 5.41) is 0. The summed E-state index contributed by atoms with van der Waals surface area (Å²) >= 11 is 0. The van der Waals surface area contributed by atoms with E-state index in [0.717, 1.165) is 16.7 Å². The Hall–Kier alpha value is -1.78. The zero-order valence-electron chi connectivity index (χ0n) is 11.8. The van der Waals surface area contributed by atoms with Crippen LogP contribution in [0.4, 0.5) is 8.78 Å². The zero-order chi connectivity index (χ0) is 14.9. The van der Waals surface area contributed by atoms with Gasteiger partial charge in [-0.1, -0.05) is 18.2 Å². The molecule has 0 bridgehead atoms. The average molecular weight is 276 g/mol. The van der Waals surface area contributed by atoms with Crippen molar-refractivity contribution in [3.63, 3.8) is 0 Å². The molecule has 2 nitrogen and oxygen atoms in total. The normalized spacial score (nSPS) is 12.5. The molecule has 0 aliphatic carbocycles. The monoisotopic (exact) mass is 276 g/mol. The number of hydrogen-bond acceptors (Lipinski definition) is 2. The van der Waals surface area contributed by atoms with E-state index in [1.54, 1.807) is 19.1 Å². The molecule has 2 rings (SSSR count). The summed E-state index contributed by atoms with van der Waals surface area (Å²) in [6.45, 7) is 5.35. The van der Waals surface area contributed by atoms with Gasteiger partial charge in [0.05, 0.1) is 6.04 Å². The standard InChI is InChI=1S/C16H18F2N2/c1-9-6-11(3)15(14(18)7-9)16(20-19)12-4-5-13(17)10(2)8-12/h4-8,16,20H,19H2,1-3H3. The summed E-state index contributed by atoms with van der Waals surface area (Å²) in [7, 11) is 0. The SMILES string of the molecule is Cc1cc(C)c(C(NN)c2ccc(F)c(C)c2)c(F)c1. The predicted octanol–water partition coefficient (Wildman–Crippen LogP) is 3.44. The molecule has 0 heterocycles. The fourth-order valence-corrected chi connectivity index (χ4v) is 2.49. The third-order valence-electron chi connectivity index (χ3n) is 3.45. The molecule has 4 heteroatoms. The van der Waals surface area contributed by atoms with Crippen molar-refractivity contribution in [2.45, 2.75) is 26.8 Å². The van der Waals surface area contributed by atoms with Gasteiger partial charge in [0.25, 0.3) is 0 Å². The van der Waals surface area contributed by atoms with Crippen LogP contribution in [0.5, 0.6) is 0 Å². The maximum atomic E-state index is 14.2. The van der Waals surface area contributed by atoms with Crippen molar-refractivity contribution in [3.8, 4) is 0 Å². The molecular formula is C16H18F2N2. The minimum absolute atomic E-state index is 0.286. The number of halogens is 2. The van der Waals surface area contributed by atoms with Gasteiger partial charge in [-0.15, -0.1) is 0 Å². The quantitative estimate of drug-likeness (QED) is 0.665. The van der Waals surface area contributed by atoms with Gasteiger partial charge < -0.3 is 0 Å². The van der Waals surface area contributed by atoms with E-state index in [1.165, 1.54) is 12.1 Å². The molecule has 0 radical (unpaired) electrons. The molecule has 0 saturated carbocycles. The third-order valence-corrected chi connectivity index (χ3v) is 3.45.